The number of aliphatic hydroxyl groups excluding tert-OH is 1. The maximum absolute atomic E-state index is 10.7. The van der Waals surface area contributed by atoms with E-state index in [2.05, 4.69) is 22.8 Å². The highest BCUT2D eigenvalue weighted by atomic mass is 35.5. The lowest BCUT2D eigenvalue weighted by Gasteiger charge is -2.10. The van der Waals surface area contributed by atoms with Crippen LogP contribution in [0.3, 0.4) is 0 Å². The van der Waals surface area contributed by atoms with Crippen molar-refractivity contribution in [3.63, 3.8) is 0 Å². The van der Waals surface area contributed by atoms with Crippen LogP contribution < -0.4 is 22.7 Å². The van der Waals surface area contributed by atoms with Crippen molar-refractivity contribution in [1.82, 2.24) is 4.57 Å². The summed E-state index contributed by atoms with van der Waals surface area (Å²) in [5, 5.41) is 10.7. The molecule has 0 aliphatic carbocycles. The van der Waals surface area contributed by atoms with E-state index in [-0.39, 0.29) is 12.4 Å². The molecule has 0 saturated heterocycles. The molecule has 4 rings (SSSR count). The quantitative estimate of drug-likeness (QED) is 0.490. The van der Waals surface area contributed by atoms with Crippen LogP contribution in [0.15, 0.2) is 84.9 Å². The van der Waals surface area contributed by atoms with Crippen LogP contribution in [0.1, 0.15) is 17.2 Å². The Morgan fingerprint density at radius 3 is 2.15 bits per heavy atom. The van der Waals surface area contributed by atoms with Gasteiger partial charge in [0, 0.05) is 0 Å². The molecule has 0 radical (unpaired) electrons. The van der Waals surface area contributed by atoms with Gasteiger partial charge in [-0.15, -0.1) is 0 Å². The highest BCUT2D eigenvalue weighted by molar-refractivity contribution is 5.74. The number of imidazole rings is 1. The average molecular weight is 380 g/mol. The Morgan fingerprint density at radius 2 is 1.44 bits per heavy atom. The first kappa shape index (κ1) is 19.0. The summed E-state index contributed by atoms with van der Waals surface area (Å²) in [6, 6.07) is 28.1. The lowest BCUT2D eigenvalue weighted by Crippen LogP contribution is -3.00. The molecular formula is C22H22ClN3O. The molecule has 138 valence electrons. The van der Waals surface area contributed by atoms with Crippen molar-refractivity contribution in [3.05, 3.63) is 96.1 Å². The van der Waals surface area contributed by atoms with Crippen LogP contribution in [0.4, 0.5) is 5.95 Å². The fourth-order valence-electron chi connectivity index (χ4n) is 3.39. The Morgan fingerprint density at radius 1 is 0.852 bits per heavy atom. The molecule has 27 heavy (non-hydrogen) atoms. The number of rotatable bonds is 5. The number of nitrogens with zero attached hydrogens (tertiary/aromatic N) is 2. The fraction of sp³-hybridized carbons (Fsp3) is 0.136. The van der Waals surface area contributed by atoms with E-state index in [1.807, 2.05) is 71.3 Å². The molecule has 0 amide bonds. The largest absolute Gasteiger partial charge is 1.00 e. The van der Waals surface area contributed by atoms with Gasteiger partial charge in [0.15, 0.2) is 0 Å². The van der Waals surface area contributed by atoms with E-state index in [4.69, 9.17) is 5.73 Å². The topological polar surface area (TPSA) is 55.1 Å². The summed E-state index contributed by atoms with van der Waals surface area (Å²) >= 11 is 0. The molecule has 0 spiro atoms. The number of benzene rings is 3. The first-order valence-electron chi connectivity index (χ1n) is 8.77. The number of anilines is 1. The van der Waals surface area contributed by atoms with Gasteiger partial charge in [-0.05, 0) is 23.3 Å². The van der Waals surface area contributed by atoms with Gasteiger partial charge in [-0.1, -0.05) is 72.8 Å². The van der Waals surface area contributed by atoms with Crippen molar-refractivity contribution in [2.45, 2.75) is 19.2 Å². The molecule has 3 N–H and O–H groups in total. The zero-order chi connectivity index (χ0) is 17.9. The molecule has 0 fully saturated rings. The van der Waals surface area contributed by atoms with Crippen LogP contribution in [-0.4, -0.2) is 9.67 Å². The molecule has 4 aromatic rings. The Balaban J connectivity index is 0.00000210. The number of hydrogen-bond acceptors (Lipinski definition) is 2. The molecule has 1 unspecified atom stereocenters. The van der Waals surface area contributed by atoms with Crippen molar-refractivity contribution in [2.24, 2.45) is 0 Å². The summed E-state index contributed by atoms with van der Waals surface area (Å²) in [6.45, 7) is 1.11. The van der Waals surface area contributed by atoms with Gasteiger partial charge in [0.25, 0.3) is 0 Å². The summed E-state index contributed by atoms with van der Waals surface area (Å²) in [6.07, 6.45) is -0.612. The third kappa shape index (κ3) is 3.82. The molecule has 1 aromatic heterocycles. The molecule has 0 aliphatic rings. The van der Waals surface area contributed by atoms with Gasteiger partial charge in [0.2, 0.25) is 0 Å². The monoisotopic (exact) mass is 379 g/mol. The lowest BCUT2D eigenvalue weighted by molar-refractivity contribution is -0.648. The second-order valence-corrected chi connectivity index (χ2v) is 6.46. The summed E-state index contributed by atoms with van der Waals surface area (Å²) in [7, 11) is 0. The third-order valence-corrected chi connectivity index (χ3v) is 4.74. The molecule has 0 saturated carbocycles. The molecule has 0 aliphatic heterocycles. The van der Waals surface area contributed by atoms with Gasteiger partial charge >= 0.3 is 5.95 Å². The van der Waals surface area contributed by atoms with E-state index in [9.17, 15) is 5.11 Å². The number of para-hydroxylation sites is 2. The minimum absolute atomic E-state index is 0. The van der Waals surface area contributed by atoms with E-state index in [1.165, 1.54) is 5.56 Å². The first-order valence-corrected chi connectivity index (χ1v) is 8.77. The number of fused-ring (bicyclic) bond motifs is 1. The number of hydrogen-bond donors (Lipinski definition) is 2. The molecule has 3 aromatic carbocycles. The molecule has 1 atom stereocenters. The standard InChI is InChI=1S/C22H21N3O.ClH/c23-22-24(15-17-9-3-1-4-10-17)19-13-7-8-14-20(19)25(22)16-21(26)18-11-5-2-6-12-18;/h1-14,21,23,26H,15-16H2;1H. The van der Waals surface area contributed by atoms with E-state index >= 15 is 0 Å². The Hall–Kier alpha value is -2.82. The van der Waals surface area contributed by atoms with Crippen LogP contribution in [0.5, 0.6) is 0 Å². The number of nitrogen functional groups attached to an aromatic ring is 1. The molecule has 4 nitrogen and oxygen atoms in total. The van der Waals surface area contributed by atoms with Gasteiger partial charge in [-0.25, -0.2) is 9.13 Å². The average Bonchev–Trinajstić information content (AvgIpc) is 2.95. The summed E-state index contributed by atoms with van der Waals surface area (Å²) in [4.78, 5) is 0. The van der Waals surface area contributed by atoms with Crippen molar-refractivity contribution >= 4 is 17.0 Å². The van der Waals surface area contributed by atoms with E-state index in [0.717, 1.165) is 16.6 Å². The molecule has 1 heterocycles. The number of aliphatic hydroxyl groups is 1. The van der Waals surface area contributed by atoms with Gasteiger partial charge in [0.05, 0.1) is 6.54 Å². The summed E-state index contributed by atoms with van der Waals surface area (Å²) in [5.41, 5.74) is 10.7. The Kier molecular flexibility index (Phi) is 5.79. The number of aromatic nitrogens is 2. The van der Waals surface area contributed by atoms with Crippen molar-refractivity contribution in [1.29, 1.82) is 0 Å². The molecule has 5 heteroatoms. The predicted octanol–water partition coefficient (Wildman–Crippen LogP) is 0.297. The highest BCUT2D eigenvalue weighted by Gasteiger charge is 2.23. The van der Waals surface area contributed by atoms with Crippen LogP contribution in [-0.2, 0) is 13.1 Å². The van der Waals surface area contributed by atoms with E-state index < -0.39 is 6.10 Å². The Bertz CT molecular complexity index is 1020. The van der Waals surface area contributed by atoms with Crippen LogP contribution >= 0.6 is 0 Å². The van der Waals surface area contributed by atoms with Crippen LogP contribution in [0, 0.1) is 0 Å². The van der Waals surface area contributed by atoms with Crippen molar-refractivity contribution < 1.29 is 22.1 Å². The third-order valence-electron chi connectivity index (χ3n) is 4.74. The lowest BCUT2D eigenvalue weighted by atomic mass is 10.1. The second kappa shape index (κ2) is 8.25. The minimum atomic E-state index is -0.612. The number of nitrogens with two attached hydrogens (primary N) is 1. The summed E-state index contributed by atoms with van der Waals surface area (Å²) in [5.74, 6) is 0.644. The van der Waals surface area contributed by atoms with Crippen LogP contribution in [0.25, 0.3) is 11.0 Å². The van der Waals surface area contributed by atoms with Gasteiger partial charge in [-0.2, -0.15) is 0 Å². The zero-order valence-corrected chi connectivity index (χ0v) is 15.6. The predicted molar refractivity (Wildman–Crippen MR) is 103 cm³/mol. The fourth-order valence-corrected chi connectivity index (χ4v) is 3.39. The minimum Gasteiger partial charge on any atom is -1.00 e. The van der Waals surface area contributed by atoms with E-state index in [1.54, 1.807) is 0 Å². The molecule has 0 bridgehead atoms. The van der Waals surface area contributed by atoms with Gasteiger partial charge in [-0.3, -0.25) is 5.73 Å². The number of halogens is 1. The maximum Gasteiger partial charge on any atom is 0.356 e. The first-order chi connectivity index (χ1) is 12.7. The van der Waals surface area contributed by atoms with Crippen LogP contribution in [0.2, 0.25) is 0 Å². The smallest absolute Gasteiger partial charge is 0.356 e. The van der Waals surface area contributed by atoms with Crippen molar-refractivity contribution in [2.75, 3.05) is 5.73 Å². The van der Waals surface area contributed by atoms with Crippen molar-refractivity contribution in [3.8, 4) is 0 Å². The van der Waals surface area contributed by atoms with Gasteiger partial charge in [0.1, 0.15) is 23.7 Å². The SMILES string of the molecule is Nc1n(CC(O)c2ccccc2)c2ccccc2[n+]1Cc1ccccc1.[Cl-]. The van der Waals surface area contributed by atoms with E-state index in [0.29, 0.717) is 19.0 Å². The molecular weight excluding hydrogens is 358 g/mol. The van der Waals surface area contributed by atoms with Gasteiger partial charge < -0.3 is 17.5 Å². The Labute approximate surface area is 164 Å². The summed E-state index contributed by atoms with van der Waals surface area (Å²) < 4.78 is 4.10. The highest BCUT2D eigenvalue weighted by Crippen LogP contribution is 2.22. The zero-order valence-electron chi connectivity index (χ0n) is 14.9. The normalized spacial score (nSPS) is 11.9. The second-order valence-electron chi connectivity index (χ2n) is 6.46. The maximum atomic E-state index is 10.7.